The Kier molecular flexibility index (Phi) is 6.36. The molecule has 0 aliphatic rings. The summed E-state index contributed by atoms with van der Waals surface area (Å²) in [6, 6.07) is 0.405. The first-order valence-corrected chi connectivity index (χ1v) is 7.10. The van der Waals surface area contributed by atoms with Gasteiger partial charge in [0.25, 0.3) is 0 Å². The summed E-state index contributed by atoms with van der Waals surface area (Å²) in [5.41, 5.74) is 0. The van der Waals surface area contributed by atoms with E-state index in [2.05, 4.69) is 19.2 Å². The number of nitrogens with one attached hydrogen (secondary N) is 1. The highest BCUT2D eigenvalue weighted by atomic mass is 32.2. The topological polar surface area (TPSA) is 46.2 Å². The molecule has 0 spiro atoms. The van der Waals surface area contributed by atoms with Crippen molar-refractivity contribution in [2.75, 3.05) is 12.3 Å². The van der Waals surface area contributed by atoms with Gasteiger partial charge in [0, 0.05) is 12.6 Å². The van der Waals surface area contributed by atoms with Crippen LogP contribution in [0.25, 0.3) is 0 Å². The molecule has 14 heavy (non-hydrogen) atoms. The molecule has 1 N–H and O–H groups in total. The normalized spacial score (nSPS) is 16.6. The Hall–Kier alpha value is -0.0900. The van der Waals surface area contributed by atoms with Crippen LogP contribution < -0.4 is 5.32 Å². The summed E-state index contributed by atoms with van der Waals surface area (Å²) in [6.45, 7) is 8.40. The minimum absolute atomic E-state index is 0.207. The lowest BCUT2D eigenvalue weighted by Gasteiger charge is -2.13. The fraction of sp³-hybridized carbons (Fsp3) is 1.00. The van der Waals surface area contributed by atoms with Gasteiger partial charge in [-0.2, -0.15) is 0 Å². The largest absolute Gasteiger partial charge is 0.313 e. The van der Waals surface area contributed by atoms with Crippen molar-refractivity contribution in [3.63, 3.8) is 0 Å². The molecule has 4 heteroatoms. The smallest absolute Gasteiger partial charge is 0.154 e. The van der Waals surface area contributed by atoms with Gasteiger partial charge in [-0.05, 0) is 26.7 Å². The highest BCUT2D eigenvalue weighted by Gasteiger charge is 2.18. The molecule has 0 aromatic heterocycles. The van der Waals surface area contributed by atoms with Crippen LogP contribution in [0.5, 0.6) is 0 Å². The minimum atomic E-state index is -2.88. The molecular formula is C10H23NO2S. The van der Waals surface area contributed by atoms with Crippen molar-refractivity contribution in [3.8, 4) is 0 Å². The highest BCUT2D eigenvalue weighted by molar-refractivity contribution is 7.92. The van der Waals surface area contributed by atoms with Gasteiger partial charge in [-0.3, -0.25) is 0 Å². The van der Waals surface area contributed by atoms with Gasteiger partial charge in [-0.1, -0.05) is 13.8 Å². The van der Waals surface area contributed by atoms with Crippen molar-refractivity contribution in [1.29, 1.82) is 0 Å². The molecule has 0 aliphatic carbocycles. The van der Waals surface area contributed by atoms with E-state index in [0.717, 1.165) is 6.42 Å². The first-order chi connectivity index (χ1) is 6.44. The van der Waals surface area contributed by atoms with Gasteiger partial charge in [-0.15, -0.1) is 0 Å². The molecule has 86 valence electrons. The van der Waals surface area contributed by atoms with Crippen LogP contribution in [-0.4, -0.2) is 32.0 Å². The average molecular weight is 221 g/mol. The van der Waals surface area contributed by atoms with E-state index in [9.17, 15) is 8.42 Å². The number of rotatable bonds is 7. The Morgan fingerprint density at radius 1 is 1.14 bits per heavy atom. The zero-order valence-electron chi connectivity index (χ0n) is 9.71. The number of sulfone groups is 1. The molecule has 0 fully saturated rings. The number of hydrogen-bond donors (Lipinski definition) is 1. The van der Waals surface area contributed by atoms with Crippen molar-refractivity contribution >= 4 is 9.84 Å². The first kappa shape index (κ1) is 13.9. The second kappa shape index (κ2) is 6.40. The average Bonchev–Trinajstić information content (AvgIpc) is 2.15. The first-order valence-electron chi connectivity index (χ1n) is 5.39. The van der Waals surface area contributed by atoms with Crippen LogP contribution in [0.2, 0.25) is 0 Å². The second-order valence-electron chi connectivity index (χ2n) is 3.85. The van der Waals surface area contributed by atoms with Gasteiger partial charge in [-0.25, -0.2) is 8.42 Å². The Labute approximate surface area is 88.2 Å². The zero-order valence-corrected chi connectivity index (χ0v) is 10.5. The molecule has 0 bridgehead atoms. The lowest BCUT2D eigenvalue weighted by atomic mass is 10.3. The minimum Gasteiger partial charge on any atom is -0.313 e. The van der Waals surface area contributed by atoms with E-state index in [1.165, 1.54) is 0 Å². The van der Waals surface area contributed by atoms with Crippen molar-refractivity contribution < 1.29 is 8.42 Å². The summed E-state index contributed by atoms with van der Waals surface area (Å²) >= 11 is 0. The maximum atomic E-state index is 11.6. The maximum absolute atomic E-state index is 11.6. The van der Waals surface area contributed by atoms with Gasteiger partial charge in [0.05, 0.1) is 11.0 Å². The van der Waals surface area contributed by atoms with E-state index >= 15 is 0 Å². The van der Waals surface area contributed by atoms with Crippen LogP contribution in [0.15, 0.2) is 0 Å². The van der Waals surface area contributed by atoms with E-state index in [-0.39, 0.29) is 11.0 Å². The molecule has 0 rings (SSSR count). The van der Waals surface area contributed by atoms with Gasteiger partial charge < -0.3 is 5.32 Å². The van der Waals surface area contributed by atoms with Crippen LogP contribution in [0.3, 0.4) is 0 Å². The second-order valence-corrected chi connectivity index (χ2v) is 6.39. The zero-order chi connectivity index (χ0) is 11.2. The molecule has 2 atom stereocenters. The van der Waals surface area contributed by atoms with Crippen molar-refractivity contribution in [3.05, 3.63) is 0 Å². The molecule has 0 aliphatic heterocycles. The molecule has 2 unspecified atom stereocenters. The van der Waals surface area contributed by atoms with Gasteiger partial charge in [0.1, 0.15) is 0 Å². The summed E-state index contributed by atoms with van der Waals surface area (Å²) in [7, 11) is -2.88. The predicted molar refractivity (Wildman–Crippen MR) is 61.3 cm³/mol. The van der Waals surface area contributed by atoms with Crippen LogP contribution >= 0.6 is 0 Å². The standard InChI is InChI=1S/C10H23NO2S/c1-5-9(3)11-7-8-14(12,13)10(4)6-2/h9-11H,5-8H2,1-4H3. The van der Waals surface area contributed by atoms with Gasteiger partial charge >= 0.3 is 0 Å². The lowest BCUT2D eigenvalue weighted by Crippen LogP contribution is -2.33. The summed E-state index contributed by atoms with van der Waals surface area (Å²) in [5.74, 6) is 0.256. The van der Waals surface area contributed by atoms with Crippen LogP contribution in [0.1, 0.15) is 40.5 Å². The molecule has 0 aromatic rings. The summed E-state index contributed by atoms with van der Waals surface area (Å²) in [4.78, 5) is 0. The monoisotopic (exact) mass is 221 g/mol. The highest BCUT2D eigenvalue weighted by Crippen LogP contribution is 2.05. The Morgan fingerprint density at radius 2 is 1.71 bits per heavy atom. The molecule has 0 heterocycles. The van der Waals surface area contributed by atoms with Crippen molar-refractivity contribution in [2.45, 2.75) is 51.8 Å². The Bertz CT molecular complexity index is 237. The fourth-order valence-electron chi connectivity index (χ4n) is 1.05. The molecule has 0 radical (unpaired) electrons. The fourth-order valence-corrected chi connectivity index (χ4v) is 2.36. The molecular weight excluding hydrogens is 198 g/mol. The molecule has 0 amide bonds. The lowest BCUT2D eigenvalue weighted by molar-refractivity contribution is 0.540. The maximum Gasteiger partial charge on any atom is 0.154 e. The van der Waals surface area contributed by atoms with E-state index in [1.807, 2.05) is 6.92 Å². The van der Waals surface area contributed by atoms with E-state index in [1.54, 1.807) is 6.92 Å². The summed E-state index contributed by atoms with van der Waals surface area (Å²) < 4.78 is 23.2. The Balaban J connectivity index is 3.89. The summed E-state index contributed by atoms with van der Waals surface area (Å²) in [6.07, 6.45) is 1.73. The van der Waals surface area contributed by atoms with E-state index in [0.29, 0.717) is 19.0 Å². The SMILES string of the molecule is CCC(C)NCCS(=O)(=O)C(C)CC. The van der Waals surface area contributed by atoms with E-state index < -0.39 is 9.84 Å². The van der Waals surface area contributed by atoms with Crippen molar-refractivity contribution in [2.24, 2.45) is 0 Å². The molecule has 0 aromatic carbocycles. The van der Waals surface area contributed by atoms with E-state index in [4.69, 9.17) is 0 Å². The third-order valence-corrected chi connectivity index (χ3v) is 5.01. The molecule has 0 saturated heterocycles. The van der Waals surface area contributed by atoms with Crippen molar-refractivity contribution in [1.82, 2.24) is 5.32 Å². The third kappa shape index (κ3) is 4.96. The number of hydrogen-bond acceptors (Lipinski definition) is 3. The quantitative estimate of drug-likeness (QED) is 0.710. The molecule has 0 saturated carbocycles. The van der Waals surface area contributed by atoms with Crippen LogP contribution in [-0.2, 0) is 9.84 Å². The predicted octanol–water partition coefficient (Wildman–Crippen LogP) is 1.59. The van der Waals surface area contributed by atoms with Crippen LogP contribution in [0, 0.1) is 0 Å². The molecule has 3 nitrogen and oxygen atoms in total. The third-order valence-electron chi connectivity index (χ3n) is 2.68. The van der Waals surface area contributed by atoms with Gasteiger partial charge in [0.2, 0.25) is 0 Å². The van der Waals surface area contributed by atoms with Gasteiger partial charge in [0.15, 0.2) is 9.84 Å². The van der Waals surface area contributed by atoms with Crippen LogP contribution in [0.4, 0.5) is 0 Å². The Morgan fingerprint density at radius 3 is 2.14 bits per heavy atom. The summed E-state index contributed by atoms with van der Waals surface area (Å²) in [5, 5.41) is 2.98.